The van der Waals surface area contributed by atoms with E-state index in [2.05, 4.69) is 29.4 Å². The molecule has 0 atom stereocenters. The predicted octanol–water partition coefficient (Wildman–Crippen LogP) is 3.28. The van der Waals surface area contributed by atoms with E-state index in [-0.39, 0.29) is 18.3 Å². The summed E-state index contributed by atoms with van der Waals surface area (Å²) in [5.74, 6) is 1.21. The lowest BCUT2D eigenvalue weighted by Crippen LogP contribution is -2.22. The average Bonchev–Trinajstić information content (AvgIpc) is 2.93. The molecule has 2 rings (SSSR count). The van der Waals surface area contributed by atoms with Gasteiger partial charge in [-0.05, 0) is 36.6 Å². The van der Waals surface area contributed by atoms with E-state index >= 15 is 0 Å². The lowest BCUT2D eigenvalue weighted by molar-refractivity contribution is 0.0946. The van der Waals surface area contributed by atoms with Crippen LogP contribution < -0.4 is 5.32 Å². The van der Waals surface area contributed by atoms with Crippen molar-refractivity contribution in [2.24, 2.45) is 5.92 Å². The summed E-state index contributed by atoms with van der Waals surface area (Å²) in [7, 11) is 0. The lowest BCUT2D eigenvalue weighted by Gasteiger charge is -2.02. The molecule has 5 nitrogen and oxygen atoms in total. The molecule has 0 unspecified atom stereocenters. The second-order valence-electron chi connectivity index (χ2n) is 5.18. The number of halogens is 1. The van der Waals surface area contributed by atoms with Crippen molar-refractivity contribution in [2.75, 3.05) is 5.75 Å². The molecule has 0 radical (unpaired) electrons. The summed E-state index contributed by atoms with van der Waals surface area (Å²) in [6, 6.07) is 5.33. The molecule has 7 heteroatoms. The number of hydrogen-bond donors (Lipinski definition) is 1. The van der Waals surface area contributed by atoms with Gasteiger partial charge < -0.3 is 9.73 Å². The monoisotopic (exact) mass is 323 g/mol. The Morgan fingerprint density at radius 1 is 1.32 bits per heavy atom. The number of amides is 1. The zero-order chi connectivity index (χ0) is 15.9. The first kappa shape index (κ1) is 16.5. The van der Waals surface area contributed by atoms with Gasteiger partial charge in [-0.1, -0.05) is 25.6 Å². The molecule has 0 aliphatic carbocycles. The van der Waals surface area contributed by atoms with E-state index < -0.39 is 0 Å². The summed E-state index contributed by atoms with van der Waals surface area (Å²) in [5, 5.41) is 11.0. The minimum atomic E-state index is -0.378. The molecule has 0 bridgehead atoms. The van der Waals surface area contributed by atoms with Crippen molar-refractivity contribution in [1.82, 2.24) is 15.5 Å². The molecule has 0 saturated heterocycles. The van der Waals surface area contributed by atoms with Crippen molar-refractivity contribution >= 4 is 17.7 Å². The minimum absolute atomic E-state index is 0.147. The number of thioether (sulfide) groups is 1. The van der Waals surface area contributed by atoms with E-state index in [1.54, 1.807) is 0 Å². The van der Waals surface area contributed by atoms with E-state index in [1.165, 1.54) is 36.0 Å². The van der Waals surface area contributed by atoms with Crippen LogP contribution in [-0.2, 0) is 6.54 Å². The van der Waals surface area contributed by atoms with Gasteiger partial charge >= 0.3 is 0 Å². The third kappa shape index (κ3) is 5.14. The van der Waals surface area contributed by atoms with Crippen LogP contribution in [0.1, 0.15) is 36.5 Å². The molecule has 1 N–H and O–H groups in total. The summed E-state index contributed by atoms with van der Waals surface area (Å²) >= 11 is 1.51. The number of rotatable bonds is 7. The van der Waals surface area contributed by atoms with E-state index in [0.29, 0.717) is 22.6 Å². The molecule has 0 spiro atoms. The minimum Gasteiger partial charge on any atom is -0.414 e. The SMILES string of the molecule is CC(C)CCSc1nnc(CNC(=O)c2ccc(F)cc2)o1. The number of carbonyl (C=O) groups is 1. The van der Waals surface area contributed by atoms with E-state index in [9.17, 15) is 9.18 Å². The highest BCUT2D eigenvalue weighted by Gasteiger charge is 2.10. The Balaban J connectivity index is 1.80. The average molecular weight is 323 g/mol. The molecular weight excluding hydrogens is 305 g/mol. The Morgan fingerprint density at radius 3 is 2.73 bits per heavy atom. The van der Waals surface area contributed by atoms with Crippen LogP contribution in [0, 0.1) is 11.7 Å². The third-order valence-electron chi connectivity index (χ3n) is 2.88. The van der Waals surface area contributed by atoms with Crippen molar-refractivity contribution in [2.45, 2.75) is 32.0 Å². The smallest absolute Gasteiger partial charge is 0.276 e. The first-order valence-corrected chi connectivity index (χ1v) is 8.02. The van der Waals surface area contributed by atoms with Crippen LogP contribution in [0.15, 0.2) is 33.9 Å². The number of nitrogens with zero attached hydrogens (tertiary/aromatic N) is 2. The number of benzene rings is 1. The van der Waals surface area contributed by atoms with Crippen LogP contribution in [0.4, 0.5) is 4.39 Å². The van der Waals surface area contributed by atoms with Crippen LogP contribution in [0.2, 0.25) is 0 Å². The normalized spacial score (nSPS) is 10.9. The van der Waals surface area contributed by atoms with E-state index in [4.69, 9.17) is 4.42 Å². The van der Waals surface area contributed by atoms with Gasteiger partial charge in [0.2, 0.25) is 5.89 Å². The summed E-state index contributed by atoms with van der Waals surface area (Å²) in [4.78, 5) is 11.9. The van der Waals surface area contributed by atoms with Crippen LogP contribution >= 0.6 is 11.8 Å². The van der Waals surface area contributed by atoms with Gasteiger partial charge in [-0.3, -0.25) is 4.79 Å². The predicted molar refractivity (Wildman–Crippen MR) is 82.0 cm³/mol. The maximum Gasteiger partial charge on any atom is 0.276 e. The Labute approximate surface area is 132 Å². The molecule has 1 aromatic heterocycles. The molecule has 118 valence electrons. The maximum atomic E-state index is 12.8. The van der Waals surface area contributed by atoms with E-state index in [1.807, 2.05) is 0 Å². The van der Waals surface area contributed by atoms with Crippen molar-refractivity contribution < 1.29 is 13.6 Å². The molecule has 0 saturated carbocycles. The maximum absolute atomic E-state index is 12.8. The fourth-order valence-electron chi connectivity index (χ4n) is 1.61. The molecule has 22 heavy (non-hydrogen) atoms. The summed E-state index contributed by atoms with van der Waals surface area (Å²) in [6.07, 6.45) is 1.07. The van der Waals surface area contributed by atoms with Crippen LogP contribution in [0.3, 0.4) is 0 Å². The van der Waals surface area contributed by atoms with Gasteiger partial charge in [-0.2, -0.15) is 0 Å². The molecule has 1 heterocycles. The zero-order valence-electron chi connectivity index (χ0n) is 12.5. The van der Waals surface area contributed by atoms with Gasteiger partial charge in [0.25, 0.3) is 11.1 Å². The highest BCUT2D eigenvalue weighted by molar-refractivity contribution is 7.99. The molecule has 1 amide bonds. The van der Waals surface area contributed by atoms with Gasteiger partial charge in [-0.25, -0.2) is 4.39 Å². The molecule has 0 aliphatic rings. The van der Waals surface area contributed by atoms with Gasteiger partial charge in [0.05, 0.1) is 6.54 Å². The lowest BCUT2D eigenvalue weighted by atomic mass is 10.2. The fraction of sp³-hybridized carbons (Fsp3) is 0.400. The van der Waals surface area contributed by atoms with E-state index in [0.717, 1.165) is 12.2 Å². The first-order valence-electron chi connectivity index (χ1n) is 7.03. The van der Waals surface area contributed by atoms with Gasteiger partial charge in [0.15, 0.2) is 0 Å². The summed E-state index contributed by atoms with van der Waals surface area (Å²) in [6.45, 7) is 4.46. The molecule has 2 aromatic rings. The second kappa shape index (κ2) is 7.93. The number of hydrogen-bond acceptors (Lipinski definition) is 5. The summed E-state index contributed by atoms with van der Waals surface area (Å²) in [5.41, 5.74) is 0.382. The zero-order valence-corrected chi connectivity index (χ0v) is 13.3. The Morgan fingerprint density at radius 2 is 2.05 bits per heavy atom. The molecule has 0 fully saturated rings. The van der Waals surface area contributed by atoms with Crippen molar-refractivity contribution in [3.63, 3.8) is 0 Å². The van der Waals surface area contributed by atoms with Crippen molar-refractivity contribution in [1.29, 1.82) is 0 Å². The summed E-state index contributed by atoms with van der Waals surface area (Å²) < 4.78 is 18.2. The first-order chi connectivity index (χ1) is 10.5. The standard InChI is InChI=1S/C15H18FN3O2S/c1-10(2)7-8-22-15-19-18-13(21-15)9-17-14(20)11-3-5-12(16)6-4-11/h3-6,10H,7-9H2,1-2H3,(H,17,20). The Hall–Kier alpha value is -1.89. The Bertz CT molecular complexity index is 614. The highest BCUT2D eigenvalue weighted by Crippen LogP contribution is 2.18. The number of carbonyl (C=O) groups excluding carboxylic acids is 1. The van der Waals surface area contributed by atoms with Crippen molar-refractivity contribution in [3.8, 4) is 0 Å². The Kier molecular flexibility index (Phi) is 5.94. The molecule has 0 aliphatic heterocycles. The van der Waals surface area contributed by atoms with Crippen LogP contribution in [-0.4, -0.2) is 21.9 Å². The quantitative estimate of drug-likeness (QED) is 0.792. The largest absolute Gasteiger partial charge is 0.414 e. The number of aromatic nitrogens is 2. The molecular formula is C15H18FN3O2S. The highest BCUT2D eigenvalue weighted by atomic mass is 32.2. The van der Waals surface area contributed by atoms with Gasteiger partial charge in [-0.15, -0.1) is 10.2 Å². The fourth-order valence-corrected chi connectivity index (χ4v) is 2.63. The topological polar surface area (TPSA) is 68.0 Å². The van der Waals surface area contributed by atoms with Crippen molar-refractivity contribution in [3.05, 3.63) is 41.5 Å². The van der Waals surface area contributed by atoms with Gasteiger partial charge in [0, 0.05) is 11.3 Å². The second-order valence-corrected chi connectivity index (χ2v) is 6.23. The third-order valence-corrected chi connectivity index (χ3v) is 3.73. The van der Waals surface area contributed by atoms with Crippen LogP contribution in [0.25, 0.3) is 0 Å². The number of nitrogens with one attached hydrogen (secondary N) is 1. The van der Waals surface area contributed by atoms with Crippen LogP contribution in [0.5, 0.6) is 0 Å². The van der Waals surface area contributed by atoms with Gasteiger partial charge in [0.1, 0.15) is 5.82 Å². The molecule has 1 aromatic carbocycles.